The van der Waals surface area contributed by atoms with Gasteiger partial charge < -0.3 is 10.1 Å². The molecule has 1 saturated heterocycles. The molecule has 2 amide bonds. The number of anilines is 1. The van der Waals surface area contributed by atoms with E-state index in [1.54, 1.807) is 37.8 Å². The van der Waals surface area contributed by atoms with Crippen LogP contribution < -0.4 is 10.6 Å². The van der Waals surface area contributed by atoms with Gasteiger partial charge in [0.05, 0.1) is 23.4 Å². The van der Waals surface area contributed by atoms with Gasteiger partial charge in [0.15, 0.2) is 5.78 Å². The molecular formula is C27H31ClFN5O3. The van der Waals surface area contributed by atoms with Crippen molar-refractivity contribution in [1.82, 2.24) is 20.0 Å². The van der Waals surface area contributed by atoms with Crippen molar-refractivity contribution in [2.24, 2.45) is 0 Å². The molecule has 4 rings (SSSR count). The Hall–Kier alpha value is -3.27. The van der Waals surface area contributed by atoms with Gasteiger partial charge in [-0.1, -0.05) is 42.8 Å². The monoisotopic (exact) mass is 527 g/mol. The summed E-state index contributed by atoms with van der Waals surface area (Å²) in [5.74, 6) is -0.258. The Morgan fingerprint density at radius 1 is 1.19 bits per heavy atom. The number of urea groups is 1. The van der Waals surface area contributed by atoms with Crippen LogP contribution in [0.4, 0.5) is 15.0 Å². The van der Waals surface area contributed by atoms with E-state index in [-0.39, 0.29) is 22.8 Å². The lowest BCUT2D eigenvalue weighted by Crippen LogP contribution is -2.42. The van der Waals surface area contributed by atoms with E-state index in [0.717, 1.165) is 11.3 Å². The molecule has 0 aliphatic carbocycles. The molecule has 2 atom stereocenters. The summed E-state index contributed by atoms with van der Waals surface area (Å²) >= 11 is 6.06. The van der Waals surface area contributed by atoms with Crippen LogP contribution in [0.15, 0.2) is 48.5 Å². The molecule has 8 nitrogen and oxygen atoms in total. The summed E-state index contributed by atoms with van der Waals surface area (Å²) in [7, 11) is 1.65. The molecule has 1 aromatic heterocycles. The van der Waals surface area contributed by atoms with Gasteiger partial charge in [-0.05, 0) is 36.8 Å². The second-order valence-electron chi connectivity index (χ2n) is 9.08. The Labute approximate surface area is 220 Å². The van der Waals surface area contributed by atoms with Crippen LogP contribution >= 0.6 is 11.6 Å². The summed E-state index contributed by atoms with van der Waals surface area (Å²) in [5.41, 5.74) is 2.49. The largest absolute Gasteiger partial charge is 0.383 e. The van der Waals surface area contributed by atoms with Crippen LogP contribution in [0.2, 0.25) is 5.02 Å². The predicted octanol–water partition coefficient (Wildman–Crippen LogP) is 4.80. The zero-order valence-corrected chi connectivity index (χ0v) is 21.9. The molecule has 3 aromatic rings. The summed E-state index contributed by atoms with van der Waals surface area (Å²) in [6.45, 7) is 6.06. The van der Waals surface area contributed by atoms with Gasteiger partial charge in [-0.15, -0.1) is 0 Å². The number of hydrogen-bond acceptors (Lipinski definition) is 5. The van der Waals surface area contributed by atoms with Crippen molar-refractivity contribution < 1.29 is 18.7 Å². The fraction of sp³-hybridized carbons (Fsp3) is 0.370. The lowest BCUT2D eigenvalue weighted by molar-refractivity contribution is 0.0982. The molecule has 0 bridgehead atoms. The molecular weight excluding hydrogens is 497 g/mol. The average molecular weight is 528 g/mol. The first-order valence-electron chi connectivity index (χ1n) is 12.2. The van der Waals surface area contributed by atoms with Crippen molar-refractivity contribution in [1.29, 1.82) is 0 Å². The SMILES string of the molecule is CCC(=O)c1nn(-c2ccccc2)c(NC(=O)N[C@@H]2CN(CCOC)C[C@H]2c2ccc(F)c(Cl)c2)c1C. The van der Waals surface area contributed by atoms with Crippen molar-refractivity contribution in [3.05, 3.63) is 76.2 Å². The van der Waals surface area contributed by atoms with Gasteiger partial charge in [-0.3, -0.25) is 15.0 Å². The summed E-state index contributed by atoms with van der Waals surface area (Å²) < 4.78 is 20.6. The van der Waals surface area contributed by atoms with E-state index in [1.807, 2.05) is 30.3 Å². The third kappa shape index (κ3) is 6.01. The minimum Gasteiger partial charge on any atom is -0.383 e. The van der Waals surface area contributed by atoms with E-state index < -0.39 is 11.8 Å². The maximum absolute atomic E-state index is 13.8. The number of aromatic nitrogens is 2. The molecule has 1 fully saturated rings. The highest BCUT2D eigenvalue weighted by molar-refractivity contribution is 6.30. The number of likely N-dealkylation sites (tertiary alicyclic amines) is 1. The number of carbonyl (C=O) groups excluding carboxylic acids is 2. The molecule has 0 radical (unpaired) electrons. The number of para-hydroxylation sites is 1. The Morgan fingerprint density at radius 3 is 2.62 bits per heavy atom. The number of ketones is 1. The van der Waals surface area contributed by atoms with E-state index >= 15 is 0 Å². The maximum Gasteiger partial charge on any atom is 0.320 e. The van der Waals surface area contributed by atoms with Crippen LogP contribution in [-0.4, -0.2) is 65.9 Å². The number of rotatable bonds is 9. The fourth-order valence-electron chi connectivity index (χ4n) is 4.66. The molecule has 1 aliphatic rings. The number of amides is 2. The number of nitrogens with one attached hydrogen (secondary N) is 2. The van der Waals surface area contributed by atoms with Gasteiger partial charge in [0, 0.05) is 44.6 Å². The number of methoxy groups -OCH3 is 1. The lowest BCUT2D eigenvalue weighted by atomic mass is 9.94. The van der Waals surface area contributed by atoms with Gasteiger partial charge >= 0.3 is 6.03 Å². The Kier molecular flexibility index (Phi) is 8.58. The van der Waals surface area contributed by atoms with Gasteiger partial charge in [0.25, 0.3) is 0 Å². The van der Waals surface area contributed by atoms with Crippen LogP contribution in [0.3, 0.4) is 0 Å². The molecule has 2 N–H and O–H groups in total. The van der Waals surface area contributed by atoms with Crippen LogP contribution in [0, 0.1) is 12.7 Å². The van der Waals surface area contributed by atoms with Crippen molar-refractivity contribution in [2.45, 2.75) is 32.2 Å². The highest BCUT2D eigenvalue weighted by Crippen LogP contribution is 2.31. The minimum atomic E-state index is -0.482. The Morgan fingerprint density at radius 2 is 1.95 bits per heavy atom. The van der Waals surface area contributed by atoms with Crippen molar-refractivity contribution in [3.63, 3.8) is 0 Å². The van der Waals surface area contributed by atoms with E-state index in [2.05, 4.69) is 20.6 Å². The van der Waals surface area contributed by atoms with Crippen molar-refractivity contribution in [3.8, 4) is 5.69 Å². The summed E-state index contributed by atoms with van der Waals surface area (Å²) in [4.78, 5) is 28.0. The summed E-state index contributed by atoms with van der Waals surface area (Å²) in [6.07, 6.45) is 0.305. The normalized spacial score (nSPS) is 17.6. The van der Waals surface area contributed by atoms with E-state index in [4.69, 9.17) is 16.3 Å². The van der Waals surface area contributed by atoms with Crippen LogP contribution in [-0.2, 0) is 4.74 Å². The molecule has 0 spiro atoms. The summed E-state index contributed by atoms with van der Waals surface area (Å²) in [6, 6.07) is 13.3. The quantitative estimate of drug-likeness (QED) is 0.390. The van der Waals surface area contributed by atoms with E-state index in [1.165, 1.54) is 6.07 Å². The third-order valence-electron chi connectivity index (χ3n) is 6.64. The van der Waals surface area contributed by atoms with Gasteiger partial charge in [-0.2, -0.15) is 5.10 Å². The van der Waals surface area contributed by atoms with Crippen LogP contribution in [0.5, 0.6) is 0 Å². The number of nitrogens with zero attached hydrogens (tertiary/aromatic N) is 3. The van der Waals surface area contributed by atoms with Crippen molar-refractivity contribution in [2.75, 3.05) is 38.7 Å². The second-order valence-corrected chi connectivity index (χ2v) is 9.49. The third-order valence-corrected chi connectivity index (χ3v) is 6.93. The number of ether oxygens (including phenoxy) is 1. The van der Waals surface area contributed by atoms with E-state index in [9.17, 15) is 14.0 Å². The van der Waals surface area contributed by atoms with Gasteiger partial charge in [0.1, 0.15) is 17.3 Å². The minimum absolute atomic E-state index is 0.0477. The lowest BCUT2D eigenvalue weighted by Gasteiger charge is -2.21. The molecule has 196 valence electrons. The zero-order valence-electron chi connectivity index (χ0n) is 21.1. The number of hydrogen-bond donors (Lipinski definition) is 2. The number of benzene rings is 2. The Bertz CT molecular complexity index is 1270. The first-order chi connectivity index (χ1) is 17.8. The highest BCUT2D eigenvalue weighted by atomic mass is 35.5. The fourth-order valence-corrected chi connectivity index (χ4v) is 4.85. The van der Waals surface area contributed by atoms with Crippen LogP contribution in [0.1, 0.15) is 40.9 Å². The second kappa shape index (κ2) is 11.9. The van der Waals surface area contributed by atoms with Crippen LogP contribution in [0.25, 0.3) is 5.69 Å². The molecule has 2 aromatic carbocycles. The average Bonchev–Trinajstić information content (AvgIpc) is 3.45. The maximum atomic E-state index is 13.8. The topological polar surface area (TPSA) is 88.5 Å². The highest BCUT2D eigenvalue weighted by Gasteiger charge is 2.35. The number of halogens is 2. The molecule has 10 heteroatoms. The first-order valence-corrected chi connectivity index (χ1v) is 12.6. The Balaban J connectivity index is 1.59. The van der Waals surface area contributed by atoms with Gasteiger partial charge in [0.2, 0.25) is 0 Å². The first kappa shape index (κ1) is 26.8. The number of carbonyl (C=O) groups is 2. The smallest absolute Gasteiger partial charge is 0.320 e. The van der Waals surface area contributed by atoms with E-state index in [0.29, 0.717) is 49.7 Å². The number of Topliss-reactive ketones (excluding diaryl/α,β-unsaturated/α-hetero) is 1. The molecule has 0 unspecified atom stereocenters. The van der Waals surface area contributed by atoms with Crippen molar-refractivity contribution >= 4 is 29.2 Å². The standard InChI is InChI=1S/C27H31ClFN5O3/c1-4-24(35)25-17(2)26(34(32-25)19-8-6-5-7-9-19)31-27(36)30-23-16-33(12-13-37-3)15-20(23)18-10-11-22(29)21(28)14-18/h5-11,14,20,23H,4,12-13,15-16H2,1-3H3,(H2,30,31,36)/t20-,23+/m0/s1. The molecule has 1 aliphatic heterocycles. The predicted molar refractivity (Wildman–Crippen MR) is 141 cm³/mol. The van der Waals surface area contributed by atoms with Gasteiger partial charge in [-0.25, -0.2) is 13.9 Å². The molecule has 37 heavy (non-hydrogen) atoms. The zero-order chi connectivity index (χ0) is 26.5. The molecule has 2 heterocycles. The molecule has 0 saturated carbocycles. The summed E-state index contributed by atoms with van der Waals surface area (Å²) in [5, 5.41) is 10.6.